The van der Waals surface area contributed by atoms with E-state index in [1.807, 2.05) is 19.1 Å². The number of imidazole rings is 1. The van der Waals surface area contributed by atoms with Crippen LogP contribution in [0.3, 0.4) is 0 Å². The van der Waals surface area contributed by atoms with E-state index in [4.69, 9.17) is 17.0 Å². The summed E-state index contributed by atoms with van der Waals surface area (Å²) in [7, 11) is 0. The summed E-state index contributed by atoms with van der Waals surface area (Å²) in [5.74, 6) is 0.851. The van der Waals surface area contributed by atoms with E-state index in [0.29, 0.717) is 6.61 Å². The van der Waals surface area contributed by atoms with Gasteiger partial charge in [-0.15, -0.1) is 0 Å². The highest BCUT2D eigenvalue weighted by atomic mass is 32.1. The summed E-state index contributed by atoms with van der Waals surface area (Å²) in [4.78, 5) is 3.27. The molecular weight excluding hydrogens is 280 g/mol. The number of hydrogen-bond acceptors (Lipinski definition) is 2. The number of para-hydroxylation sites is 1. The van der Waals surface area contributed by atoms with E-state index in [2.05, 4.69) is 46.8 Å². The molecule has 3 nitrogen and oxygen atoms in total. The number of nitrogens with zero attached hydrogens (tertiary/aromatic N) is 1. The first-order chi connectivity index (χ1) is 10.2. The van der Waals surface area contributed by atoms with Gasteiger partial charge in [-0.2, -0.15) is 0 Å². The Kier molecular flexibility index (Phi) is 3.80. The molecule has 1 heterocycles. The monoisotopic (exact) mass is 298 g/mol. The first kappa shape index (κ1) is 13.9. The summed E-state index contributed by atoms with van der Waals surface area (Å²) >= 11 is 5.48. The average molecular weight is 298 g/mol. The molecule has 1 aromatic heterocycles. The maximum absolute atomic E-state index is 5.67. The molecule has 3 rings (SSSR count). The molecule has 0 aliphatic heterocycles. The standard InChI is InChI=1S/C17H18N2OS/c1-3-20-15-9-5-8-14-16(15)18-17(21)19(14)11-13-7-4-6-12(2)10-13/h4-10H,3,11H2,1-2H3,(H,18,21). The minimum absolute atomic E-state index is 0.642. The third-order valence-electron chi connectivity index (χ3n) is 3.50. The van der Waals surface area contributed by atoms with Gasteiger partial charge in [0.05, 0.1) is 18.7 Å². The van der Waals surface area contributed by atoms with E-state index < -0.39 is 0 Å². The smallest absolute Gasteiger partial charge is 0.178 e. The Bertz CT molecular complexity index is 832. The van der Waals surface area contributed by atoms with E-state index in [-0.39, 0.29) is 0 Å². The molecule has 3 aromatic rings. The predicted octanol–water partition coefficient (Wildman–Crippen LogP) is 4.45. The number of ether oxygens (including phenoxy) is 1. The zero-order chi connectivity index (χ0) is 14.8. The zero-order valence-electron chi connectivity index (χ0n) is 12.2. The van der Waals surface area contributed by atoms with Crippen LogP contribution in [0.5, 0.6) is 5.75 Å². The van der Waals surface area contributed by atoms with Crippen LogP contribution in [0.15, 0.2) is 42.5 Å². The summed E-state index contributed by atoms with van der Waals surface area (Å²) in [5, 5.41) is 0. The zero-order valence-corrected chi connectivity index (χ0v) is 13.0. The minimum Gasteiger partial charge on any atom is -0.492 e. The van der Waals surface area contributed by atoms with Crippen molar-refractivity contribution < 1.29 is 4.74 Å². The van der Waals surface area contributed by atoms with Crippen molar-refractivity contribution in [1.82, 2.24) is 9.55 Å². The molecule has 2 aromatic carbocycles. The van der Waals surface area contributed by atoms with Crippen LogP contribution in [0.1, 0.15) is 18.1 Å². The Labute approximate surface area is 129 Å². The molecule has 0 unspecified atom stereocenters. The summed E-state index contributed by atoms with van der Waals surface area (Å²) in [6.07, 6.45) is 0. The Hall–Kier alpha value is -2.07. The number of nitrogens with one attached hydrogen (secondary N) is 1. The van der Waals surface area contributed by atoms with E-state index in [1.165, 1.54) is 11.1 Å². The highest BCUT2D eigenvalue weighted by molar-refractivity contribution is 7.71. The largest absolute Gasteiger partial charge is 0.492 e. The molecule has 1 N–H and O–H groups in total. The van der Waals surface area contributed by atoms with Crippen molar-refractivity contribution >= 4 is 23.3 Å². The predicted molar refractivity (Wildman–Crippen MR) is 88.6 cm³/mol. The van der Waals surface area contributed by atoms with Gasteiger partial charge in [-0.25, -0.2) is 0 Å². The number of aromatic amines is 1. The van der Waals surface area contributed by atoms with Crippen molar-refractivity contribution in [3.8, 4) is 5.75 Å². The fraction of sp³-hybridized carbons (Fsp3) is 0.235. The molecule has 0 fully saturated rings. The first-order valence-electron chi connectivity index (χ1n) is 7.09. The topological polar surface area (TPSA) is 29.9 Å². The fourth-order valence-electron chi connectivity index (χ4n) is 2.58. The van der Waals surface area contributed by atoms with Crippen LogP contribution in [0.25, 0.3) is 11.0 Å². The van der Waals surface area contributed by atoms with Crippen molar-refractivity contribution in [1.29, 1.82) is 0 Å². The molecule has 0 aliphatic rings. The second kappa shape index (κ2) is 5.74. The van der Waals surface area contributed by atoms with Gasteiger partial charge in [0.1, 0.15) is 11.3 Å². The van der Waals surface area contributed by atoms with E-state index in [9.17, 15) is 0 Å². The molecule has 0 spiro atoms. The van der Waals surface area contributed by atoms with Crippen LogP contribution in [0.4, 0.5) is 0 Å². The lowest BCUT2D eigenvalue weighted by Gasteiger charge is -2.07. The maximum Gasteiger partial charge on any atom is 0.178 e. The second-order valence-electron chi connectivity index (χ2n) is 5.09. The molecule has 0 bridgehead atoms. The molecule has 0 aliphatic carbocycles. The lowest BCUT2D eigenvalue weighted by Crippen LogP contribution is -2.00. The van der Waals surface area contributed by atoms with Gasteiger partial charge in [-0.05, 0) is 43.8 Å². The number of rotatable bonds is 4. The van der Waals surface area contributed by atoms with Crippen LogP contribution >= 0.6 is 12.2 Å². The molecule has 0 saturated carbocycles. The normalized spacial score (nSPS) is 11.0. The number of H-pyrrole nitrogens is 1. The molecular formula is C17H18N2OS. The number of benzene rings is 2. The summed E-state index contributed by atoms with van der Waals surface area (Å²) in [5.41, 5.74) is 4.55. The highest BCUT2D eigenvalue weighted by Crippen LogP contribution is 2.25. The minimum atomic E-state index is 0.642. The van der Waals surface area contributed by atoms with Gasteiger partial charge in [-0.3, -0.25) is 0 Å². The van der Waals surface area contributed by atoms with E-state index >= 15 is 0 Å². The average Bonchev–Trinajstić information content (AvgIpc) is 2.77. The number of hydrogen-bond donors (Lipinski definition) is 1. The second-order valence-corrected chi connectivity index (χ2v) is 5.48. The van der Waals surface area contributed by atoms with Gasteiger partial charge in [0.15, 0.2) is 4.77 Å². The third kappa shape index (κ3) is 2.72. The van der Waals surface area contributed by atoms with Crippen molar-refractivity contribution in [3.05, 3.63) is 58.4 Å². The van der Waals surface area contributed by atoms with Crippen LogP contribution < -0.4 is 4.74 Å². The van der Waals surface area contributed by atoms with Crippen molar-refractivity contribution in [2.75, 3.05) is 6.61 Å². The lowest BCUT2D eigenvalue weighted by atomic mass is 10.1. The van der Waals surface area contributed by atoms with Gasteiger partial charge < -0.3 is 14.3 Å². The molecule has 0 amide bonds. The SMILES string of the molecule is CCOc1cccc2c1[nH]c(=S)n2Cc1cccc(C)c1. The number of aromatic nitrogens is 2. The maximum atomic E-state index is 5.67. The summed E-state index contributed by atoms with van der Waals surface area (Å²) in [6, 6.07) is 14.5. The quantitative estimate of drug-likeness (QED) is 0.721. The van der Waals surface area contributed by atoms with Crippen molar-refractivity contribution in [2.24, 2.45) is 0 Å². The van der Waals surface area contributed by atoms with Gasteiger partial charge in [0.25, 0.3) is 0 Å². The fourth-order valence-corrected chi connectivity index (χ4v) is 2.84. The van der Waals surface area contributed by atoms with Crippen LogP contribution in [-0.2, 0) is 6.54 Å². The van der Waals surface area contributed by atoms with Crippen molar-refractivity contribution in [3.63, 3.8) is 0 Å². The van der Waals surface area contributed by atoms with Gasteiger partial charge in [0.2, 0.25) is 0 Å². The van der Waals surface area contributed by atoms with Crippen LogP contribution in [-0.4, -0.2) is 16.2 Å². The first-order valence-corrected chi connectivity index (χ1v) is 7.49. The van der Waals surface area contributed by atoms with Crippen LogP contribution in [0, 0.1) is 11.7 Å². The summed E-state index contributed by atoms with van der Waals surface area (Å²) < 4.78 is 8.50. The van der Waals surface area contributed by atoms with Crippen LogP contribution in [0.2, 0.25) is 0 Å². The van der Waals surface area contributed by atoms with Gasteiger partial charge >= 0.3 is 0 Å². The van der Waals surface area contributed by atoms with Crippen molar-refractivity contribution in [2.45, 2.75) is 20.4 Å². The molecule has 4 heteroatoms. The Morgan fingerprint density at radius 2 is 2.00 bits per heavy atom. The number of aryl methyl sites for hydroxylation is 1. The third-order valence-corrected chi connectivity index (χ3v) is 3.82. The molecule has 21 heavy (non-hydrogen) atoms. The number of fused-ring (bicyclic) bond motifs is 1. The highest BCUT2D eigenvalue weighted by Gasteiger charge is 2.09. The molecule has 108 valence electrons. The molecule has 0 atom stereocenters. The Balaban J connectivity index is 2.08. The Morgan fingerprint density at radius 3 is 2.76 bits per heavy atom. The Morgan fingerprint density at radius 1 is 1.19 bits per heavy atom. The van der Waals surface area contributed by atoms with Gasteiger partial charge in [-0.1, -0.05) is 35.9 Å². The van der Waals surface area contributed by atoms with Gasteiger partial charge in [0, 0.05) is 0 Å². The lowest BCUT2D eigenvalue weighted by molar-refractivity contribution is 0.343. The molecule has 0 radical (unpaired) electrons. The molecule has 0 saturated heterocycles. The summed E-state index contributed by atoms with van der Waals surface area (Å²) in [6.45, 7) is 5.49. The van der Waals surface area contributed by atoms with E-state index in [0.717, 1.165) is 28.1 Å². The van der Waals surface area contributed by atoms with E-state index in [1.54, 1.807) is 0 Å².